The van der Waals surface area contributed by atoms with E-state index < -0.39 is 0 Å². The fourth-order valence-corrected chi connectivity index (χ4v) is 2.27. The molecule has 1 aromatic heterocycles. The Bertz CT molecular complexity index is 388. The van der Waals surface area contributed by atoms with Crippen molar-refractivity contribution < 1.29 is 9.15 Å². The molecule has 0 spiro atoms. The number of ether oxygens (including phenoxy) is 1. The molecular weight excluding hydrogens is 256 g/mol. The molecule has 2 rings (SSSR count). The van der Waals surface area contributed by atoms with E-state index in [1.807, 2.05) is 11.9 Å². The SMILES string of the molecule is CC(C)CNCc1nnc(N(C)CC2CCCCO2)o1. The van der Waals surface area contributed by atoms with Crippen LogP contribution in [0.25, 0.3) is 0 Å². The smallest absolute Gasteiger partial charge is 0.318 e. The van der Waals surface area contributed by atoms with Gasteiger partial charge in [-0.15, -0.1) is 5.10 Å². The molecule has 0 amide bonds. The van der Waals surface area contributed by atoms with Crippen LogP contribution in [0.4, 0.5) is 6.01 Å². The molecule has 1 aromatic rings. The van der Waals surface area contributed by atoms with Gasteiger partial charge in [-0.3, -0.25) is 0 Å². The van der Waals surface area contributed by atoms with Gasteiger partial charge >= 0.3 is 6.01 Å². The van der Waals surface area contributed by atoms with Crippen LogP contribution in [0.15, 0.2) is 4.42 Å². The van der Waals surface area contributed by atoms with Crippen molar-refractivity contribution in [3.63, 3.8) is 0 Å². The first kappa shape index (κ1) is 15.3. The molecule has 2 heterocycles. The Morgan fingerprint density at radius 2 is 2.20 bits per heavy atom. The Kier molecular flexibility index (Phi) is 5.79. The largest absolute Gasteiger partial charge is 0.407 e. The average molecular weight is 282 g/mol. The Morgan fingerprint density at radius 1 is 1.35 bits per heavy atom. The quantitative estimate of drug-likeness (QED) is 0.823. The fourth-order valence-electron chi connectivity index (χ4n) is 2.27. The molecule has 1 fully saturated rings. The maximum atomic E-state index is 5.72. The summed E-state index contributed by atoms with van der Waals surface area (Å²) in [6.45, 7) is 7.59. The predicted octanol–water partition coefficient (Wildman–Crippen LogP) is 1.82. The monoisotopic (exact) mass is 282 g/mol. The van der Waals surface area contributed by atoms with Crippen LogP contribution in [0, 0.1) is 5.92 Å². The number of anilines is 1. The lowest BCUT2D eigenvalue weighted by Crippen LogP contribution is -2.33. The molecule has 6 heteroatoms. The second-order valence-corrected chi connectivity index (χ2v) is 5.87. The van der Waals surface area contributed by atoms with Crippen molar-refractivity contribution >= 4 is 6.01 Å². The molecule has 0 saturated carbocycles. The molecule has 1 unspecified atom stereocenters. The highest BCUT2D eigenvalue weighted by molar-refractivity contribution is 5.22. The molecule has 1 N–H and O–H groups in total. The third-order valence-electron chi connectivity index (χ3n) is 3.36. The molecule has 1 aliphatic rings. The van der Waals surface area contributed by atoms with E-state index in [1.54, 1.807) is 0 Å². The van der Waals surface area contributed by atoms with E-state index >= 15 is 0 Å². The summed E-state index contributed by atoms with van der Waals surface area (Å²) in [4.78, 5) is 1.98. The van der Waals surface area contributed by atoms with E-state index in [0.717, 1.165) is 26.1 Å². The van der Waals surface area contributed by atoms with Crippen molar-refractivity contribution in [2.75, 3.05) is 31.6 Å². The third kappa shape index (κ3) is 4.76. The van der Waals surface area contributed by atoms with E-state index in [1.165, 1.54) is 12.8 Å². The summed E-state index contributed by atoms with van der Waals surface area (Å²) in [5, 5.41) is 11.5. The molecule has 114 valence electrons. The van der Waals surface area contributed by atoms with Gasteiger partial charge in [0.15, 0.2) is 0 Å². The summed E-state index contributed by atoms with van der Waals surface area (Å²) in [6, 6.07) is 0.570. The van der Waals surface area contributed by atoms with Crippen molar-refractivity contribution in [2.45, 2.75) is 45.8 Å². The molecule has 6 nitrogen and oxygen atoms in total. The van der Waals surface area contributed by atoms with Crippen molar-refractivity contribution in [3.8, 4) is 0 Å². The van der Waals surface area contributed by atoms with Crippen molar-refractivity contribution in [3.05, 3.63) is 5.89 Å². The third-order valence-corrected chi connectivity index (χ3v) is 3.36. The first-order valence-electron chi connectivity index (χ1n) is 7.51. The van der Waals surface area contributed by atoms with Crippen LogP contribution in [0.1, 0.15) is 39.0 Å². The second-order valence-electron chi connectivity index (χ2n) is 5.87. The number of nitrogens with zero attached hydrogens (tertiary/aromatic N) is 3. The molecular formula is C14H26N4O2. The van der Waals surface area contributed by atoms with Gasteiger partial charge in [-0.2, -0.15) is 0 Å². The number of hydrogen-bond acceptors (Lipinski definition) is 6. The second kappa shape index (κ2) is 7.59. The van der Waals surface area contributed by atoms with Crippen LogP contribution in [0.5, 0.6) is 0 Å². The number of likely N-dealkylation sites (N-methyl/N-ethyl adjacent to an activating group) is 1. The molecule has 1 saturated heterocycles. The normalized spacial score (nSPS) is 19.5. The molecule has 0 aromatic carbocycles. The first-order chi connectivity index (χ1) is 9.65. The maximum Gasteiger partial charge on any atom is 0.318 e. The molecule has 0 aliphatic carbocycles. The Morgan fingerprint density at radius 3 is 2.90 bits per heavy atom. The predicted molar refractivity (Wildman–Crippen MR) is 77.7 cm³/mol. The van der Waals surface area contributed by atoms with Gasteiger partial charge in [0.05, 0.1) is 12.6 Å². The minimum absolute atomic E-state index is 0.281. The summed E-state index contributed by atoms with van der Waals surface area (Å²) in [6.07, 6.45) is 3.81. The van der Waals surface area contributed by atoms with E-state index in [4.69, 9.17) is 9.15 Å². The lowest BCUT2D eigenvalue weighted by Gasteiger charge is -2.26. The zero-order valence-electron chi connectivity index (χ0n) is 12.8. The summed E-state index contributed by atoms with van der Waals surface area (Å²) in [7, 11) is 1.97. The molecule has 0 radical (unpaired) electrons. The van der Waals surface area contributed by atoms with E-state index in [2.05, 4.69) is 29.4 Å². The molecule has 1 atom stereocenters. The van der Waals surface area contributed by atoms with E-state index in [9.17, 15) is 0 Å². The maximum absolute atomic E-state index is 5.72. The highest BCUT2D eigenvalue weighted by atomic mass is 16.5. The van der Waals surface area contributed by atoms with Gasteiger partial charge in [-0.25, -0.2) is 0 Å². The van der Waals surface area contributed by atoms with Crippen molar-refractivity contribution in [1.82, 2.24) is 15.5 Å². The summed E-state index contributed by atoms with van der Waals surface area (Å²) in [5.74, 6) is 1.25. The summed E-state index contributed by atoms with van der Waals surface area (Å²) < 4.78 is 11.4. The highest BCUT2D eigenvalue weighted by Gasteiger charge is 2.19. The fraction of sp³-hybridized carbons (Fsp3) is 0.857. The van der Waals surface area contributed by atoms with Gasteiger partial charge in [0, 0.05) is 20.2 Å². The topological polar surface area (TPSA) is 63.4 Å². The zero-order chi connectivity index (χ0) is 14.4. The van der Waals surface area contributed by atoms with Crippen LogP contribution in [-0.2, 0) is 11.3 Å². The Balaban J connectivity index is 1.78. The summed E-state index contributed by atoms with van der Waals surface area (Å²) >= 11 is 0. The van der Waals surface area contributed by atoms with Crippen LogP contribution in [0.3, 0.4) is 0 Å². The molecule has 0 bridgehead atoms. The van der Waals surface area contributed by atoms with E-state index in [-0.39, 0.29) is 6.10 Å². The molecule has 1 aliphatic heterocycles. The highest BCUT2D eigenvalue weighted by Crippen LogP contribution is 2.17. The lowest BCUT2D eigenvalue weighted by molar-refractivity contribution is 0.0211. The first-order valence-corrected chi connectivity index (χ1v) is 7.51. The lowest BCUT2D eigenvalue weighted by atomic mass is 10.1. The van der Waals surface area contributed by atoms with Gasteiger partial charge in [0.1, 0.15) is 0 Å². The minimum Gasteiger partial charge on any atom is -0.407 e. The van der Waals surface area contributed by atoms with Crippen LogP contribution < -0.4 is 10.2 Å². The number of rotatable bonds is 7. The van der Waals surface area contributed by atoms with Crippen molar-refractivity contribution in [2.24, 2.45) is 5.92 Å². The minimum atomic E-state index is 0.281. The van der Waals surface area contributed by atoms with E-state index in [0.29, 0.717) is 24.4 Å². The number of nitrogens with one attached hydrogen (secondary N) is 1. The van der Waals surface area contributed by atoms with Crippen molar-refractivity contribution in [1.29, 1.82) is 0 Å². The summed E-state index contributed by atoms with van der Waals surface area (Å²) in [5.41, 5.74) is 0. The van der Waals surface area contributed by atoms with Crippen LogP contribution in [0.2, 0.25) is 0 Å². The van der Waals surface area contributed by atoms with Gasteiger partial charge in [-0.05, 0) is 31.7 Å². The van der Waals surface area contributed by atoms with Gasteiger partial charge < -0.3 is 19.4 Å². The van der Waals surface area contributed by atoms with Crippen LogP contribution in [-0.4, -0.2) is 43.0 Å². The Hall–Kier alpha value is -1.14. The van der Waals surface area contributed by atoms with Crippen LogP contribution >= 0.6 is 0 Å². The standard InChI is InChI=1S/C14H26N4O2/c1-11(2)8-15-9-13-16-17-14(20-13)18(3)10-12-6-4-5-7-19-12/h11-12,15H,4-10H2,1-3H3. The number of hydrogen-bond donors (Lipinski definition) is 1. The average Bonchev–Trinajstić information content (AvgIpc) is 2.88. The van der Waals surface area contributed by atoms with Gasteiger partial charge in [-0.1, -0.05) is 18.9 Å². The van der Waals surface area contributed by atoms with Gasteiger partial charge in [0.2, 0.25) is 5.89 Å². The Labute approximate surface area is 120 Å². The zero-order valence-corrected chi connectivity index (χ0v) is 12.8. The molecule has 20 heavy (non-hydrogen) atoms. The van der Waals surface area contributed by atoms with Gasteiger partial charge in [0.25, 0.3) is 0 Å². The number of aromatic nitrogens is 2.